The third-order valence-corrected chi connectivity index (χ3v) is 3.85. The van der Waals surface area contributed by atoms with E-state index < -0.39 is 0 Å². The van der Waals surface area contributed by atoms with Crippen LogP contribution in [-0.2, 0) is 17.8 Å². The van der Waals surface area contributed by atoms with E-state index in [0.29, 0.717) is 18.9 Å². The van der Waals surface area contributed by atoms with Gasteiger partial charge < -0.3 is 4.90 Å². The maximum Gasteiger partial charge on any atom is 0.223 e. The minimum atomic E-state index is 0.195. The zero-order valence-electron chi connectivity index (χ0n) is 15.1. The lowest BCUT2D eigenvalue weighted by molar-refractivity contribution is -0.130. The maximum absolute atomic E-state index is 12.3. The van der Waals surface area contributed by atoms with E-state index in [1.807, 2.05) is 25.7 Å². The number of nitrogens with zero attached hydrogens (tertiary/aromatic N) is 3. The molecule has 22 heavy (non-hydrogen) atoms. The summed E-state index contributed by atoms with van der Waals surface area (Å²) in [6.45, 7) is 18.7. The van der Waals surface area contributed by atoms with Gasteiger partial charge in [-0.1, -0.05) is 26.0 Å². The zero-order chi connectivity index (χ0) is 16.9. The SMILES string of the molecule is C=C(C)CN(CC)C(=O)CCc1c(C)nn(CC(C)C)c1C. The highest BCUT2D eigenvalue weighted by atomic mass is 16.2. The van der Waals surface area contributed by atoms with Gasteiger partial charge in [0, 0.05) is 31.7 Å². The molecule has 124 valence electrons. The van der Waals surface area contributed by atoms with E-state index in [2.05, 4.69) is 37.1 Å². The van der Waals surface area contributed by atoms with Crippen molar-refractivity contribution in [2.75, 3.05) is 13.1 Å². The molecule has 1 heterocycles. The van der Waals surface area contributed by atoms with E-state index in [-0.39, 0.29) is 5.91 Å². The molecule has 0 saturated carbocycles. The van der Waals surface area contributed by atoms with Crippen LogP contribution in [0.3, 0.4) is 0 Å². The molecule has 4 nitrogen and oxygen atoms in total. The van der Waals surface area contributed by atoms with Crippen molar-refractivity contribution >= 4 is 5.91 Å². The molecule has 1 amide bonds. The Hall–Kier alpha value is -1.58. The first-order chi connectivity index (χ1) is 10.3. The molecule has 4 heteroatoms. The molecule has 0 aliphatic carbocycles. The molecular weight excluding hydrogens is 274 g/mol. The van der Waals surface area contributed by atoms with E-state index in [9.17, 15) is 4.79 Å². The third kappa shape index (κ3) is 5.00. The lowest BCUT2D eigenvalue weighted by atomic mass is 10.1. The Balaban J connectivity index is 2.73. The fourth-order valence-corrected chi connectivity index (χ4v) is 2.71. The van der Waals surface area contributed by atoms with Crippen LogP contribution in [0.5, 0.6) is 0 Å². The van der Waals surface area contributed by atoms with Gasteiger partial charge >= 0.3 is 0 Å². The monoisotopic (exact) mass is 305 g/mol. The van der Waals surface area contributed by atoms with Gasteiger partial charge in [-0.15, -0.1) is 0 Å². The highest BCUT2D eigenvalue weighted by Gasteiger charge is 2.16. The number of aryl methyl sites for hydroxylation is 1. The number of rotatable bonds is 8. The van der Waals surface area contributed by atoms with Gasteiger partial charge in [-0.3, -0.25) is 9.48 Å². The van der Waals surface area contributed by atoms with Crippen molar-refractivity contribution in [3.05, 3.63) is 29.1 Å². The molecule has 0 bridgehead atoms. The molecule has 0 radical (unpaired) electrons. The number of carbonyl (C=O) groups excluding carboxylic acids is 1. The quantitative estimate of drug-likeness (QED) is 0.689. The van der Waals surface area contributed by atoms with Gasteiger partial charge in [0.2, 0.25) is 5.91 Å². The van der Waals surface area contributed by atoms with Crippen molar-refractivity contribution in [1.29, 1.82) is 0 Å². The predicted octanol–water partition coefficient (Wildman–Crippen LogP) is 3.51. The summed E-state index contributed by atoms with van der Waals surface area (Å²) in [5, 5.41) is 4.62. The van der Waals surface area contributed by atoms with E-state index in [1.54, 1.807) is 0 Å². The largest absolute Gasteiger partial charge is 0.339 e. The topological polar surface area (TPSA) is 38.1 Å². The van der Waals surface area contributed by atoms with Gasteiger partial charge in [0.15, 0.2) is 0 Å². The fraction of sp³-hybridized carbons (Fsp3) is 0.667. The summed E-state index contributed by atoms with van der Waals surface area (Å²) in [7, 11) is 0. The van der Waals surface area contributed by atoms with Crippen molar-refractivity contribution < 1.29 is 4.79 Å². The number of aromatic nitrogens is 2. The molecule has 0 aliphatic rings. The first kappa shape index (κ1) is 18.5. The Morgan fingerprint density at radius 2 is 2.00 bits per heavy atom. The highest BCUT2D eigenvalue weighted by Crippen LogP contribution is 2.17. The van der Waals surface area contributed by atoms with Crippen LogP contribution in [0.2, 0.25) is 0 Å². The van der Waals surface area contributed by atoms with Crippen LogP contribution >= 0.6 is 0 Å². The lowest BCUT2D eigenvalue weighted by Gasteiger charge is -2.21. The molecule has 1 aromatic heterocycles. The van der Waals surface area contributed by atoms with Crippen molar-refractivity contribution in [1.82, 2.24) is 14.7 Å². The molecule has 1 rings (SSSR count). The number of hydrogen-bond acceptors (Lipinski definition) is 2. The summed E-state index contributed by atoms with van der Waals surface area (Å²) < 4.78 is 2.07. The maximum atomic E-state index is 12.3. The molecule has 0 atom stereocenters. The Bertz CT molecular complexity index is 529. The second-order valence-corrected chi connectivity index (χ2v) is 6.59. The van der Waals surface area contributed by atoms with Crippen molar-refractivity contribution in [2.24, 2.45) is 5.92 Å². The summed E-state index contributed by atoms with van der Waals surface area (Å²) in [6, 6.07) is 0. The van der Waals surface area contributed by atoms with Gasteiger partial charge in [0.25, 0.3) is 0 Å². The minimum absolute atomic E-state index is 0.195. The molecule has 0 spiro atoms. The van der Waals surface area contributed by atoms with Crippen LogP contribution in [0, 0.1) is 19.8 Å². The normalized spacial score (nSPS) is 11.0. The molecule has 0 aromatic carbocycles. The average molecular weight is 305 g/mol. The van der Waals surface area contributed by atoms with Crippen LogP contribution in [0.15, 0.2) is 12.2 Å². The third-order valence-electron chi connectivity index (χ3n) is 3.85. The summed E-state index contributed by atoms with van der Waals surface area (Å²) in [6.07, 6.45) is 1.30. The van der Waals surface area contributed by atoms with E-state index >= 15 is 0 Å². The first-order valence-corrected chi connectivity index (χ1v) is 8.21. The molecule has 0 N–H and O–H groups in total. The second-order valence-electron chi connectivity index (χ2n) is 6.59. The molecule has 0 aliphatic heterocycles. The van der Waals surface area contributed by atoms with Gasteiger partial charge in [0.05, 0.1) is 5.69 Å². The van der Waals surface area contributed by atoms with Crippen molar-refractivity contribution in [3.63, 3.8) is 0 Å². The lowest BCUT2D eigenvalue weighted by Crippen LogP contribution is -2.32. The fourth-order valence-electron chi connectivity index (χ4n) is 2.71. The molecule has 0 saturated heterocycles. The Labute approximate surface area is 135 Å². The smallest absolute Gasteiger partial charge is 0.223 e. The zero-order valence-corrected chi connectivity index (χ0v) is 15.1. The van der Waals surface area contributed by atoms with Crippen LogP contribution in [-0.4, -0.2) is 33.7 Å². The van der Waals surface area contributed by atoms with E-state index in [4.69, 9.17) is 0 Å². The van der Waals surface area contributed by atoms with Crippen LogP contribution < -0.4 is 0 Å². The van der Waals surface area contributed by atoms with Gasteiger partial charge in [-0.25, -0.2) is 0 Å². The highest BCUT2D eigenvalue weighted by molar-refractivity contribution is 5.76. The predicted molar refractivity (Wildman–Crippen MR) is 91.9 cm³/mol. The average Bonchev–Trinajstić information content (AvgIpc) is 2.67. The van der Waals surface area contributed by atoms with Crippen molar-refractivity contribution in [2.45, 2.75) is 60.9 Å². The number of hydrogen-bond donors (Lipinski definition) is 0. The van der Waals surface area contributed by atoms with Crippen LogP contribution in [0.4, 0.5) is 0 Å². The number of amides is 1. The summed E-state index contributed by atoms with van der Waals surface area (Å²) in [4.78, 5) is 14.2. The Morgan fingerprint density at radius 3 is 2.50 bits per heavy atom. The van der Waals surface area contributed by atoms with Crippen LogP contribution in [0.25, 0.3) is 0 Å². The summed E-state index contributed by atoms with van der Waals surface area (Å²) >= 11 is 0. The number of likely N-dealkylation sites (N-methyl/N-ethyl adjacent to an activating group) is 1. The first-order valence-electron chi connectivity index (χ1n) is 8.21. The van der Waals surface area contributed by atoms with Gasteiger partial charge in [-0.2, -0.15) is 5.10 Å². The van der Waals surface area contributed by atoms with Gasteiger partial charge in [0.1, 0.15) is 0 Å². The Morgan fingerprint density at radius 1 is 1.36 bits per heavy atom. The van der Waals surface area contributed by atoms with Gasteiger partial charge in [-0.05, 0) is 45.6 Å². The minimum Gasteiger partial charge on any atom is -0.339 e. The second kappa shape index (κ2) is 8.16. The Kier molecular flexibility index (Phi) is 6.85. The summed E-state index contributed by atoms with van der Waals surface area (Å²) in [5.74, 6) is 0.763. The standard InChI is InChI=1S/C18H31N3O/c1-8-20(11-13(2)3)18(22)10-9-17-15(6)19-21(16(17)7)12-14(4)5/h14H,2,8-12H2,1,3-7H3. The van der Waals surface area contributed by atoms with Crippen molar-refractivity contribution in [3.8, 4) is 0 Å². The van der Waals surface area contributed by atoms with Crippen LogP contribution in [0.1, 0.15) is 51.1 Å². The summed E-state index contributed by atoms with van der Waals surface area (Å²) in [5.41, 5.74) is 4.49. The van der Waals surface area contributed by atoms with E-state index in [0.717, 1.165) is 30.8 Å². The number of carbonyl (C=O) groups is 1. The van der Waals surface area contributed by atoms with E-state index in [1.165, 1.54) is 11.3 Å². The molecule has 0 unspecified atom stereocenters. The molecule has 0 fully saturated rings. The molecular formula is C18H31N3O. The molecule has 1 aromatic rings.